The van der Waals surface area contributed by atoms with Crippen LogP contribution < -0.4 is 5.32 Å². The van der Waals surface area contributed by atoms with Crippen LogP contribution in [0.1, 0.15) is 19.3 Å². The summed E-state index contributed by atoms with van der Waals surface area (Å²) in [6, 6.07) is 0.788. The van der Waals surface area contributed by atoms with Crippen molar-refractivity contribution < 1.29 is 5.11 Å². The van der Waals surface area contributed by atoms with Gasteiger partial charge in [-0.15, -0.1) is 0 Å². The number of piperidine rings is 1. The number of hydrogen-bond acceptors (Lipinski definition) is 3. The molecule has 1 heterocycles. The molecule has 0 aromatic rings. The molecule has 3 heteroatoms. The number of hydrogen-bond donors (Lipinski definition) is 2. The first kappa shape index (κ1) is 9.44. The molecule has 2 rings (SSSR count). The number of likely N-dealkylation sites (tertiary alicyclic amines) is 1. The molecule has 2 aliphatic rings. The summed E-state index contributed by atoms with van der Waals surface area (Å²) in [5.41, 5.74) is 0. The van der Waals surface area contributed by atoms with E-state index >= 15 is 0 Å². The number of nitrogens with one attached hydrogen (secondary N) is 1. The van der Waals surface area contributed by atoms with E-state index in [1.165, 1.54) is 25.8 Å². The summed E-state index contributed by atoms with van der Waals surface area (Å²) >= 11 is 0. The molecule has 1 saturated carbocycles. The summed E-state index contributed by atoms with van der Waals surface area (Å²) in [5, 5.41) is 12.6. The van der Waals surface area contributed by atoms with Crippen LogP contribution in [0.5, 0.6) is 0 Å². The van der Waals surface area contributed by atoms with E-state index in [-0.39, 0.29) is 6.10 Å². The Bertz CT molecular complexity index is 174. The van der Waals surface area contributed by atoms with E-state index in [1.54, 1.807) is 0 Å². The zero-order valence-electron chi connectivity index (χ0n) is 8.37. The third-order valence-electron chi connectivity index (χ3n) is 3.41. The number of nitrogens with zero attached hydrogens (tertiary/aromatic N) is 1. The topological polar surface area (TPSA) is 35.5 Å². The van der Waals surface area contributed by atoms with E-state index < -0.39 is 0 Å². The Morgan fingerprint density at radius 1 is 1.54 bits per heavy atom. The Balaban J connectivity index is 1.76. The van der Waals surface area contributed by atoms with Gasteiger partial charge in [0.1, 0.15) is 0 Å². The molecule has 2 bridgehead atoms. The molecule has 0 amide bonds. The summed E-state index contributed by atoms with van der Waals surface area (Å²) in [5.74, 6) is 0.937. The number of fused-ring (bicyclic) bond motifs is 2. The fraction of sp³-hybridized carbons (Fsp3) is 1.00. The molecule has 3 atom stereocenters. The van der Waals surface area contributed by atoms with Gasteiger partial charge < -0.3 is 10.4 Å². The van der Waals surface area contributed by atoms with Gasteiger partial charge in [0.15, 0.2) is 0 Å². The molecule has 0 aromatic heterocycles. The lowest BCUT2D eigenvalue weighted by Gasteiger charge is -2.28. The van der Waals surface area contributed by atoms with Crippen molar-refractivity contribution in [3.05, 3.63) is 0 Å². The third-order valence-corrected chi connectivity index (χ3v) is 3.41. The average Bonchev–Trinajstić information content (AvgIpc) is 2.65. The summed E-state index contributed by atoms with van der Waals surface area (Å²) in [6.45, 7) is 2.81. The Morgan fingerprint density at radius 3 is 2.92 bits per heavy atom. The van der Waals surface area contributed by atoms with Crippen LogP contribution in [0.4, 0.5) is 0 Å². The van der Waals surface area contributed by atoms with Gasteiger partial charge >= 0.3 is 0 Å². The van der Waals surface area contributed by atoms with Gasteiger partial charge in [0.25, 0.3) is 0 Å². The minimum atomic E-state index is -0.190. The first-order valence-corrected chi connectivity index (χ1v) is 5.36. The molecule has 0 radical (unpaired) electrons. The van der Waals surface area contributed by atoms with Crippen LogP contribution in [0.3, 0.4) is 0 Å². The monoisotopic (exact) mass is 184 g/mol. The van der Waals surface area contributed by atoms with Gasteiger partial charge in [0.2, 0.25) is 0 Å². The standard InChI is InChI=1S/C10H20N2O/c1-11-5-10(13)7-12-6-8-2-3-9(12)4-8/h8-11,13H,2-7H2,1H3. The molecule has 3 unspecified atom stereocenters. The molecule has 0 aromatic carbocycles. The highest BCUT2D eigenvalue weighted by molar-refractivity contribution is 4.92. The van der Waals surface area contributed by atoms with Crippen molar-refractivity contribution in [2.45, 2.75) is 31.4 Å². The van der Waals surface area contributed by atoms with Gasteiger partial charge in [-0.2, -0.15) is 0 Å². The van der Waals surface area contributed by atoms with Crippen molar-refractivity contribution in [2.24, 2.45) is 5.92 Å². The number of likely N-dealkylation sites (N-methyl/N-ethyl adjacent to an activating group) is 1. The van der Waals surface area contributed by atoms with E-state index in [4.69, 9.17) is 0 Å². The molecule has 1 saturated heterocycles. The van der Waals surface area contributed by atoms with Gasteiger partial charge in [-0.25, -0.2) is 0 Å². The minimum absolute atomic E-state index is 0.190. The highest BCUT2D eigenvalue weighted by Gasteiger charge is 2.37. The molecule has 1 aliphatic carbocycles. The molecule has 2 N–H and O–H groups in total. The van der Waals surface area contributed by atoms with Gasteiger partial charge in [-0.3, -0.25) is 4.90 Å². The normalized spacial score (nSPS) is 35.5. The van der Waals surface area contributed by atoms with Crippen molar-refractivity contribution >= 4 is 0 Å². The third kappa shape index (κ3) is 2.03. The summed E-state index contributed by atoms with van der Waals surface area (Å²) < 4.78 is 0. The zero-order valence-corrected chi connectivity index (χ0v) is 8.37. The maximum atomic E-state index is 9.63. The molecule has 1 aliphatic heterocycles. The Morgan fingerprint density at radius 2 is 2.38 bits per heavy atom. The highest BCUT2D eigenvalue weighted by Crippen LogP contribution is 2.37. The van der Waals surface area contributed by atoms with E-state index in [0.29, 0.717) is 6.54 Å². The summed E-state index contributed by atoms with van der Waals surface area (Å²) in [6.07, 6.45) is 3.97. The maximum Gasteiger partial charge on any atom is 0.0791 e. The first-order valence-electron chi connectivity index (χ1n) is 5.36. The Kier molecular flexibility index (Phi) is 2.86. The molecular weight excluding hydrogens is 164 g/mol. The summed E-state index contributed by atoms with van der Waals surface area (Å²) in [7, 11) is 1.89. The predicted octanol–water partition coefficient (Wildman–Crippen LogP) is 0.0510. The van der Waals surface area contributed by atoms with Crippen LogP contribution in [0.15, 0.2) is 0 Å². The first-order chi connectivity index (χ1) is 6.29. The lowest BCUT2D eigenvalue weighted by Crippen LogP contribution is -2.41. The molecule has 76 valence electrons. The van der Waals surface area contributed by atoms with Gasteiger partial charge in [-0.05, 0) is 32.2 Å². The van der Waals surface area contributed by atoms with E-state index in [0.717, 1.165) is 18.5 Å². The number of rotatable bonds is 4. The Hall–Kier alpha value is -0.120. The van der Waals surface area contributed by atoms with Crippen molar-refractivity contribution in [3.63, 3.8) is 0 Å². The predicted molar refractivity (Wildman–Crippen MR) is 52.6 cm³/mol. The van der Waals surface area contributed by atoms with Crippen molar-refractivity contribution in [3.8, 4) is 0 Å². The molecule has 3 nitrogen and oxygen atoms in total. The van der Waals surface area contributed by atoms with Crippen molar-refractivity contribution in [1.29, 1.82) is 0 Å². The number of aliphatic hydroxyl groups excluding tert-OH is 1. The summed E-state index contributed by atoms with van der Waals surface area (Å²) in [4.78, 5) is 2.47. The van der Waals surface area contributed by atoms with Gasteiger partial charge in [0, 0.05) is 25.7 Å². The smallest absolute Gasteiger partial charge is 0.0791 e. The van der Waals surface area contributed by atoms with Crippen molar-refractivity contribution in [1.82, 2.24) is 10.2 Å². The number of β-amino-alcohol motifs (C(OH)–C–C–N with tert-alkyl or cyclic N) is 1. The van der Waals surface area contributed by atoms with Gasteiger partial charge in [0.05, 0.1) is 6.10 Å². The lowest BCUT2D eigenvalue weighted by molar-refractivity contribution is 0.0952. The highest BCUT2D eigenvalue weighted by atomic mass is 16.3. The lowest BCUT2D eigenvalue weighted by atomic mass is 10.1. The molecular formula is C10H20N2O. The van der Waals surface area contributed by atoms with Crippen molar-refractivity contribution in [2.75, 3.05) is 26.7 Å². The Labute approximate surface area is 80.1 Å². The largest absolute Gasteiger partial charge is 0.390 e. The van der Waals surface area contributed by atoms with Gasteiger partial charge in [-0.1, -0.05) is 0 Å². The second-order valence-electron chi connectivity index (χ2n) is 4.50. The van der Waals surface area contributed by atoms with Crippen LogP contribution in [0, 0.1) is 5.92 Å². The second-order valence-corrected chi connectivity index (χ2v) is 4.50. The number of aliphatic hydroxyl groups is 1. The van der Waals surface area contributed by atoms with E-state index in [1.807, 2.05) is 7.05 Å². The fourth-order valence-corrected chi connectivity index (χ4v) is 2.82. The molecule has 2 fully saturated rings. The van der Waals surface area contributed by atoms with Crippen LogP contribution in [-0.2, 0) is 0 Å². The zero-order chi connectivity index (χ0) is 9.26. The SMILES string of the molecule is CNCC(O)CN1CC2CCC1C2. The quantitative estimate of drug-likeness (QED) is 0.648. The van der Waals surface area contributed by atoms with Crippen LogP contribution in [-0.4, -0.2) is 48.8 Å². The fourth-order valence-electron chi connectivity index (χ4n) is 2.82. The van der Waals surface area contributed by atoms with E-state index in [2.05, 4.69) is 10.2 Å². The van der Waals surface area contributed by atoms with Crippen LogP contribution in [0.2, 0.25) is 0 Å². The van der Waals surface area contributed by atoms with E-state index in [9.17, 15) is 5.11 Å². The molecule has 0 spiro atoms. The molecule has 13 heavy (non-hydrogen) atoms. The second kappa shape index (κ2) is 3.95. The average molecular weight is 184 g/mol. The minimum Gasteiger partial charge on any atom is -0.390 e. The van der Waals surface area contributed by atoms with Crippen LogP contribution in [0.25, 0.3) is 0 Å². The van der Waals surface area contributed by atoms with Crippen LogP contribution >= 0.6 is 0 Å². The maximum absolute atomic E-state index is 9.63.